The minimum absolute atomic E-state index is 0.166. The lowest BCUT2D eigenvalue weighted by Gasteiger charge is -2.26. The third-order valence-corrected chi connectivity index (χ3v) is 5.81. The van der Waals surface area contributed by atoms with E-state index in [1.807, 2.05) is 0 Å². The summed E-state index contributed by atoms with van der Waals surface area (Å²) in [6.07, 6.45) is 2.78. The Morgan fingerprint density at radius 2 is 1.80 bits per heavy atom. The molecular weight excluding hydrogens is 393 g/mol. The molecule has 0 saturated heterocycles. The van der Waals surface area contributed by atoms with Gasteiger partial charge in [0, 0.05) is 23.7 Å². The van der Waals surface area contributed by atoms with Crippen LogP contribution in [0.2, 0.25) is 0 Å². The van der Waals surface area contributed by atoms with Gasteiger partial charge in [-0.25, -0.2) is 13.2 Å². The number of aromatic amines is 1. The lowest BCUT2D eigenvalue weighted by Crippen LogP contribution is -2.40. The number of fused-ring (bicyclic) bond motifs is 1. The van der Waals surface area contributed by atoms with Crippen LogP contribution in [0.3, 0.4) is 0 Å². The minimum Gasteiger partial charge on any atom is -0.392 e. The molecule has 0 aliphatic heterocycles. The fourth-order valence-electron chi connectivity index (χ4n) is 4.26. The zero-order chi connectivity index (χ0) is 21.3. The Morgan fingerprint density at radius 3 is 2.53 bits per heavy atom. The fraction of sp³-hybridized carbons (Fsp3) is 0.348. The molecule has 3 aromatic rings. The number of amides is 1. The molecule has 0 spiro atoms. The second-order valence-corrected chi connectivity index (χ2v) is 7.79. The molecule has 0 radical (unpaired) electrons. The second-order valence-electron chi connectivity index (χ2n) is 7.79. The summed E-state index contributed by atoms with van der Waals surface area (Å²) in [6.45, 7) is 0.251. The smallest absolute Gasteiger partial charge is 0.225 e. The van der Waals surface area contributed by atoms with Gasteiger partial charge >= 0.3 is 0 Å². The van der Waals surface area contributed by atoms with Crippen molar-refractivity contribution in [1.29, 1.82) is 0 Å². The van der Waals surface area contributed by atoms with Gasteiger partial charge in [-0.15, -0.1) is 0 Å². The Bertz CT molecular complexity index is 1060. The summed E-state index contributed by atoms with van der Waals surface area (Å²) >= 11 is 0. The van der Waals surface area contributed by atoms with Crippen molar-refractivity contribution in [2.75, 3.05) is 6.54 Å². The number of H-pyrrole nitrogens is 1. The molecule has 7 heteroatoms. The van der Waals surface area contributed by atoms with Crippen molar-refractivity contribution in [2.24, 2.45) is 5.92 Å². The van der Waals surface area contributed by atoms with E-state index in [1.54, 1.807) is 12.1 Å². The van der Waals surface area contributed by atoms with Crippen molar-refractivity contribution in [2.45, 2.75) is 38.2 Å². The first-order valence-corrected chi connectivity index (χ1v) is 10.2. The number of aliphatic hydroxyl groups is 1. The predicted molar refractivity (Wildman–Crippen MR) is 108 cm³/mol. The number of carbonyl (C=O) groups is 1. The second kappa shape index (κ2) is 8.52. The zero-order valence-corrected chi connectivity index (χ0v) is 16.4. The number of carbonyl (C=O) groups excluding carboxylic acids is 1. The van der Waals surface area contributed by atoms with Gasteiger partial charge in [-0.3, -0.25) is 4.79 Å². The first-order valence-electron chi connectivity index (χ1n) is 10.2. The molecule has 2 unspecified atom stereocenters. The van der Waals surface area contributed by atoms with Gasteiger partial charge < -0.3 is 15.4 Å². The van der Waals surface area contributed by atoms with Gasteiger partial charge in [0.25, 0.3) is 0 Å². The van der Waals surface area contributed by atoms with Crippen LogP contribution in [0.25, 0.3) is 22.2 Å². The van der Waals surface area contributed by atoms with E-state index in [4.69, 9.17) is 0 Å². The summed E-state index contributed by atoms with van der Waals surface area (Å²) in [5.74, 6) is -2.43. The molecule has 30 heavy (non-hydrogen) atoms. The van der Waals surface area contributed by atoms with Crippen LogP contribution in [-0.4, -0.2) is 28.6 Å². The monoisotopic (exact) mass is 416 g/mol. The van der Waals surface area contributed by atoms with Crippen molar-refractivity contribution >= 4 is 16.8 Å². The summed E-state index contributed by atoms with van der Waals surface area (Å²) < 4.78 is 41.5. The maximum Gasteiger partial charge on any atom is 0.225 e. The maximum atomic E-state index is 14.3. The average Bonchev–Trinajstić information content (AvgIpc) is 3.07. The van der Waals surface area contributed by atoms with Gasteiger partial charge in [0.15, 0.2) is 0 Å². The minimum atomic E-state index is -0.714. The van der Waals surface area contributed by atoms with Crippen LogP contribution in [0, 0.1) is 23.4 Å². The van der Waals surface area contributed by atoms with Crippen LogP contribution in [0.1, 0.15) is 31.2 Å². The standard InChI is InChI=1S/C23H23F3N2O2/c24-14-7-5-13(6-8-14)21-16(18-11-15(25)12-19(26)22(18)28-21)9-10-27-23(30)17-3-1-2-4-20(17)29/h5-8,11-12,17,20,28-29H,1-4,9-10H2,(H,27,30). The highest BCUT2D eigenvalue weighted by molar-refractivity contribution is 5.91. The topological polar surface area (TPSA) is 65.1 Å². The molecule has 1 amide bonds. The fourth-order valence-corrected chi connectivity index (χ4v) is 4.26. The number of hydrogen-bond donors (Lipinski definition) is 3. The molecule has 4 nitrogen and oxygen atoms in total. The first-order chi connectivity index (χ1) is 14.4. The molecule has 158 valence electrons. The highest BCUT2D eigenvalue weighted by Gasteiger charge is 2.29. The molecule has 1 aromatic heterocycles. The molecule has 0 bridgehead atoms. The van der Waals surface area contributed by atoms with E-state index in [1.165, 1.54) is 18.2 Å². The Hall–Kier alpha value is -2.80. The number of benzene rings is 2. The number of nitrogens with one attached hydrogen (secondary N) is 2. The van der Waals surface area contributed by atoms with Crippen molar-refractivity contribution < 1.29 is 23.1 Å². The van der Waals surface area contributed by atoms with Gasteiger partial charge in [-0.05, 0) is 60.7 Å². The summed E-state index contributed by atoms with van der Waals surface area (Å²) in [6, 6.07) is 7.79. The normalized spacial score (nSPS) is 19.2. The van der Waals surface area contributed by atoms with Crippen LogP contribution < -0.4 is 5.32 Å². The first kappa shape index (κ1) is 20.5. The number of halogens is 3. The Kier molecular flexibility index (Phi) is 5.81. The van der Waals surface area contributed by atoms with E-state index < -0.39 is 29.5 Å². The lowest BCUT2D eigenvalue weighted by molar-refractivity contribution is -0.130. The van der Waals surface area contributed by atoms with Crippen molar-refractivity contribution in [3.8, 4) is 11.3 Å². The van der Waals surface area contributed by atoms with Crippen LogP contribution in [0.5, 0.6) is 0 Å². The molecule has 1 aliphatic carbocycles. The van der Waals surface area contributed by atoms with E-state index >= 15 is 0 Å². The highest BCUT2D eigenvalue weighted by atomic mass is 19.1. The Labute approximate surface area is 172 Å². The quantitative estimate of drug-likeness (QED) is 0.575. The Balaban J connectivity index is 1.61. The Morgan fingerprint density at radius 1 is 1.07 bits per heavy atom. The van der Waals surface area contributed by atoms with E-state index in [0.717, 1.165) is 18.9 Å². The molecular formula is C23H23F3N2O2. The molecule has 2 atom stereocenters. The van der Waals surface area contributed by atoms with E-state index in [2.05, 4.69) is 10.3 Å². The van der Waals surface area contributed by atoms with Gasteiger partial charge in [0.1, 0.15) is 17.5 Å². The van der Waals surface area contributed by atoms with Gasteiger partial charge in [0.2, 0.25) is 5.91 Å². The molecule has 3 N–H and O–H groups in total. The van der Waals surface area contributed by atoms with E-state index in [9.17, 15) is 23.1 Å². The summed E-state index contributed by atoms with van der Waals surface area (Å²) in [7, 11) is 0. The zero-order valence-electron chi connectivity index (χ0n) is 16.4. The lowest BCUT2D eigenvalue weighted by atomic mass is 9.86. The number of aliphatic hydroxyl groups excluding tert-OH is 1. The third kappa shape index (κ3) is 4.07. The highest BCUT2D eigenvalue weighted by Crippen LogP contribution is 2.33. The molecule has 1 heterocycles. The largest absolute Gasteiger partial charge is 0.392 e. The molecule has 1 fully saturated rings. The SMILES string of the molecule is O=C(NCCc1c(-c2ccc(F)cc2)[nH]c2c(F)cc(F)cc12)C1CCCCC1O. The molecule has 4 rings (SSSR count). The van der Waals surface area contributed by atoms with E-state index in [0.29, 0.717) is 41.5 Å². The molecule has 1 aliphatic rings. The number of rotatable bonds is 5. The van der Waals surface area contributed by atoms with Crippen molar-refractivity contribution in [3.05, 3.63) is 59.4 Å². The van der Waals surface area contributed by atoms with Gasteiger partial charge in [-0.1, -0.05) is 12.8 Å². The van der Waals surface area contributed by atoms with Gasteiger partial charge in [0.05, 0.1) is 17.5 Å². The van der Waals surface area contributed by atoms with Crippen molar-refractivity contribution in [1.82, 2.24) is 10.3 Å². The van der Waals surface area contributed by atoms with Gasteiger partial charge in [-0.2, -0.15) is 0 Å². The summed E-state index contributed by atoms with van der Waals surface area (Å²) in [4.78, 5) is 15.4. The van der Waals surface area contributed by atoms with Crippen LogP contribution in [-0.2, 0) is 11.2 Å². The third-order valence-electron chi connectivity index (χ3n) is 5.81. The number of hydrogen-bond acceptors (Lipinski definition) is 2. The van der Waals surface area contributed by atoms with Crippen LogP contribution >= 0.6 is 0 Å². The van der Waals surface area contributed by atoms with E-state index in [-0.39, 0.29) is 18.0 Å². The van der Waals surface area contributed by atoms with Crippen molar-refractivity contribution in [3.63, 3.8) is 0 Å². The van der Waals surface area contributed by atoms with Crippen LogP contribution in [0.4, 0.5) is 13.2 Å². The predicted octanol–water partition coefficient (Wildman–Crippen LogP) is 4.46. The summed E-state index contributed by atoms with van der Waals surface area (Å²) in [5.41, 5.74) is 2.00. The molecule has 1 saturated carbocycles. The average molecular weight is 416 g/mol. The maximum absolute atomic E-state index is 14.3. The number of aromatic nitrogens is 1. The summed E-state index contributed by atoms with van der Waals surface area (Å²) in [5, 5.41) is 13.3. The molecule has 2 aromatic carbocycles. The van der Waals surface area contributed by atoms with Crippen LogP contribution in [0.15, 0.2) is 36.4 Å².